The average Bonchev–Trinajstić information content (AvgIpc) is 3.51. The fraction of sp³-hybridized carbons (Fsp3) is 0.429. The SMILES string of the molecule is Cc1c(C(=O)N(C)Cc2nccs2)sc2ncnc(NC[C@@H]3C[C@H]4C=C[C@@H]3C4)c12. The Kier molecular flexibility index (Phi) is 4.83. The summed E-state index contributed by atoms with van der Waals surface area (Å²) < 4.78 is 0. The normalized spacial score (nSPS) is 22.5. The van der Waals surface area contributed by atoms with Crippen LogP contribution in [0.4, 0.5) is 5.82 Å². The molecule has 29 heavy (non-hydrogen) atoms. The van der Waals surface area contributed by atoms with Crippen LogP contribution in [0.25, 0.3) is 10.2 Å². The molecule has 3 atom stereocenters. The minimum Gasteiger partial charge on any atom is -0.369 e. The molecule has 0 radical (unpaired) electrons. The van der Waals surface area contributed by atoms with Crippen LogP contribution in [0.3, 0.4) is 0 Å². The number of aryl methyl sites for hydroxylation is 1. The zero-order chi connectivity index (χ0) is 20.0. The number of carbonyl (C=O) groups excluding carboxylic acids is 1. The molecule has 1 amide bonds. The first-order valence-corrected chi connectivity index (χ1v) is 11.6. The van der Waals surface area contributed by atoms with E-state index in [4.69, 9.17) is 0 Å². The minimum atomic E-state index is 0.00453. The summed E-state index contributed by atoms with van der Waals surface area (Å²) in [5.41, 5.74) is 0.955. The van der Waals surface area contributed by atoms with E-state index in [0.717, 1.165) is 43.9 Å². The average molecular weight is 426 g/mol. The zero-order valence-electron chi connectivity index (χ0n) is 16.5. The van der Waals surface area contributed by atoms with Gasteiger partial charge in [-0.1, -0.05) is 12.2 Å². The number of amides is 1. The Bertz CT molecular complexity index is 1070. The topological polar surface area (TPSA) is 71.0 Å². The fourth-order valence-corrected chi connectivity index (χ4v) is 6.36. The summed E-state index contributed by atoms with van der Waals surface area (Å²) >= 11 is 3.01. The first-order chi connectivity index (χ1) is 14.1. The Morgan fingerprint density at radius 3 is 2.90 bits per heavy atom. The van der Waals surface area contributed by atoms with Crippen molar-refractivity contribution in [3.8, 4) is 0 Å². The van der Waals surface area contributed by atoms with E-state index in [1.54, 1.807) is 28.8 Å². The highest BCUT2D eigenvalue weighted by atomic mass is 32.1. The first-order valence-electron chi connectivity index (χ1n) is 9.90. The Labute approximate surface area is 177 Å². The van der Waals surface area contributed by atoms with Crippen molar-refractivity contribution in [1.82, 2.24) is 19.9 Å². The van der Waals surface area contributed by atoms with Crippen LogP contribution in [-0.4, -0.2) is 39.4 Å². The molecule has 2 aliphatic rings. The van der Waals surface area contributed by atoms with Crippen LogP contribution in [0.2, 0.25) is 0 Å². The van der Waals surface area contributed by atoms with E-state index < -0.39 is 0 Å². The fourth-order valence-electron chi connectivity index (χ4n) is 4.55. The molecule has 0 unspecified atom stereocenters. The molecule has 0 aromatic carbocycles. The molecular weight excluding hydrogens is 402 g/mol. The zero-order valence-corrected chi connectivity index (χ0v) is 18.1. The lowest BCUT2D eigenvalue weighted by Crippen LogP contribution is -2.25. The summed E-state index contributed by atoms with van der Waals surface area (Å²) in [4.78, 5) is 29.6. The number of thiazole rings is 1. The highest BCUT2D eigenvalue weighted by Gasteiger charge is 2.35. The predicted octanol–water partition coefficient (Wildman–Crippen LogP) is 4.35. The van der Waals surface area contributed by atoms with Gasteiger partial charge in [0.25, 0.3) is 5.91 Å². The lowest BCUT2D eigenvalue weighted by molar-refractivity contribution is 0.0789. The molecule has 1 saturated carbocycles. The summed E-state index contributed by atoms with van der Waals surface area (Å²) in [7, 11) is 1.82. The lowest BCUT2D eigenvalue weighted by atomic mass is 9.93. The van der Waals surface area contributed by atoms with Gasteiger partial charge in [0.2, 0.25) is 0 Å². The van der Waals surface area contributed by atoms with Crippen molar-refractivity contribution in [3.63, 3.8) is 0 Å². The van der Waals surface area contributed by atoms with Crippen molar-refractivity contribution < 1.29 is 4.79 Å². The monoisotopic (exact) mass is 425 g/mol. The second kappa shape index (κ2) is 7.50. The van der Waals surface area contributed by atoms with E-state index >= 15 is 0 Å². The summed E-state index contributed by atoms with van der Waals surface area (Å²) in [6.07, 6.45) is 10.7. The number of thiophene rings is 1. The Balaban J connectivity index is 1.37. The maximum atomic E-state index is 13.1. The molecule has 0 aliphatic heterocycles. The van der Waals surface area contributed by atoms with Crippen LogP contribution in [0.5, 0.6) is 0 Å². The number of nitrogens with one attached hydrogen (secondary N) is 1. The highest BCUT2D eigenvalue weighted by Crippen LogP contribution is 2.43. The van der Waals surface area contributed by atoms with E-state index in [-0.39, 0.29) is 5.91 Å². The van der Waals surface area contributed by atoms with Crippen LogP contribution < -0.4 is 5.32 Å². The van der Waals surface area contributed by atoms with Crippen molar-refractivity contribution in [3.05, 3.63) is 45.5 Å². The van der Waals surface area contributed by atoms with Gasteiger partial charge in [-0.2, -0.15) is 0 Å². The number of aromatic nitrogens is 3. The molecular formula is C21H23N5OS2. The Morgan fingerprint density at radius 1 is 1.28 bits per heavy atom. The molecule has 3 aromatic heterocycles. The standard InChI is InChI=1S/C21H23N5OS2/c1-12-17-19(23-9-15-8-13-3-4-14(15)7-13)24-11-25-20(17)29-18(12)21(27)26(2)10-16-22-5-6-28-16/h3-6,11,13-15H,7-10H2,1-2H3,(H,23,24,25)/t13-,14+,15-/m0/s1. The number of fused-ring (bicyclic) bond motifs is 3. The van der Waals surface area contributed by atoms with Crippen molar-refractivity contribution in [2.24, 2.45) is 17.8 Å². The summed E-state index contributed by atoms with van der Waals surface area (Å²) in [6, 6.07) is 0. The summed E-state index contributed by atoms with van der Waals surface area (Å²) in [5.74, 6) is 2.98. The number of rotatable bonds is 6. The number of hydrogen-bond acceptors (Lipinski definition) is 7. The van der Waals surface area contributed by atoms with Gasteiger partial charge in [0, 0.05) is 25.2 Å². The van der Waals surface area contributed by atoms with Crippen molar-refractivity contribution in [2.45, 2.75) is 26.3 Å². The molecule has 3 heterocycles. The van der Waals surface area contributed by atoms with Gasteiger partial charge in [-0.3, -0.25) is 4.79 Å². The molecule has 0 saturated heterocycles. The second-order valence-electron chi connectivity index (χ2n) is 7.97. The van der Waals surface area contributed by atoms with E-state index in [1.165, 1.54) is 24.2 Å². The van der Waals surface area contributed by atoms with Crippen molar-refractivity contribution in [1.29, 1.82) is 0 Å². The van der Waals surface area contributed by atoms with Crippen molar-refractivity contribution >= 4 is 44.6 Å². The Morgan fingerprint density at radius 2 is 2.17 bits per heavy atom. The summed E-state index contributed by atoms with van der Waals surface area (Å²) in [6.45, 7) is 3.43. The summed E-state index contributed by atoms with van der Waals surface area (Å²) in [5, 5.41) is 7.40. The largest absolute Gasteiger partial charge is 0.369 e. The van der Waals surface area contributed by atoms with Gasteiger partial charge < -0.3 is 10.2 Å². The van der Waals surface area contributed by atoms with Gasteiger partial charge in [0.05, 0.1) is 16.8 Å². The molecule has 1 fully saturated rings. The molecule has 6 nitrogen and oxygen atoms in total. The highest BCUT2D eigenvalue weighted by molar-refractivity contribution is 7.20. The molecule has 3 aromatic rings. The molecule has 5 rings (SSSR count). The van der Waals surface area contributed by atoms with Gasteiger partial charge in [0.1, 0.15) is 22.0 Å². The van der Waals surface area contributed by atoms with Gasteiger partial charge in [-0.15, -0.1) is 22.7 Å². The number of hydrogen-bond donors (Lipinski definition) is 1. The van der Waals surface area contributed by atoms with Gasteiger partial charge in [-0.25, -0.2) is 15.0 Å². The van der Waals surface area contributed by atoms with E-state index in [9.17, 15) is 4.79 Å². The molecule has 2 aliphatic carbocycles. The maximum Gasteiger partial charge on any atom is 0.264 e. The van der Waals surface area contributed by atoms with Crippen LogP contribution in [0.1, 0.15) is 33.1 Å². The third-order valence-corrected chi connectivity index (χ3v) is 8.02. The molecule has 2 bridgehead atoms. The molecule has 150 valence electrons. The molecule has 8 heteroatoms. The maximum absolute atomic E-state index is 13.1. The number of nitrogens with zero attached hydrogens (tertiary/aromatic N) is 4. The van der Waals surface area contributed by atoms with Crippen molar-refractivity contribution in [2.75, 3.05) is 18.9 Å². The lowest BCUT2D eigenvalue weighted by Gasteiger charge is -2.19. The Hall–Kier alpha value is -2.32. The van der Waals surface area contributed by atoms with Crippen LogP contribution in [-0.2, 0) is 6.54 Å². The predicted molar refractivity (Wildman–Crippen MR) is 117 cm³/mol. The van der Waals surface area contributed by atoms with E-state index in [0.29, 0.717) is 18.4 Å². The van der Waals surface area contributed by atoms with Crippen LogP contribution >= 0.6 is 22.7 Å². The van der Waals surface area contributed by atoms with Gasteiger partial charge >= 0.3 is 0 Å². The van der Waals surface area contributed by atoms with E-state index in [2.05, 4.69) is 32.4 Å². The third-order valence-electron chi connectivity index (χ3n) is 6.07. The van der Waals surface area contributed by atoms with E-state index in [1.807, 2.05) is 19.4 Å². The number of carbonyl (C=O) groups is 1. The van der Waals surface area contributed by atoms with Crippen LogP contribution in [0, 0.1) is 24.7 Å². The van der Waals surface area contributed by atoms with Crippen LogP contribution in [0.15, 0.2) is 30.1 Å². The first kappa shape index (κ1) is 18.7. The molecule has 1 N–H and O–H groups in total. The van der Waals surface area contributed by atoms with Gasteiger partial charge in [-0.05, 0) is 43.1 Å². The second-order valence-corrected chi connectivity index (χ2v) is 9.95. The quantitative estimate of drug-likeness (QED) is 0.595. The minimum absolute atomic E-state index is 0.00453. The third kappa shape index (κ3) is 3.44. The smallest absolute Gasteiger partial charge is 0.264 e. The molecule has 0 spiro atoms. The number of anilines is 1. The van der Waals surface area contributed by atoms with Gasteiger partial charge in [0.15, 0.2) is 0 Å². The number of allylic oxidation sites excluding steroid dienone is 2.